The Bertz CT molecular complexity index is 933. The zero-order valence-corrected chi connectivity index (χ0v) is 16.0. The number of benzene rings is 2. The van der Waals surface area contributed by atoms with Gasteiger partial charge in [0.05, 0.1) is 11.0 Å². The van der Waals surface area contributed by atoms with Crippen molar-refractivity contribution in [1.82, 2.24) is 20.6 Å². The average molecular weight is 379 g/mol. The van der Waals surface area contributed by atoms with Gasteiger partial charge in [-0.25, -0.2) is 4.98 Å². The number of hydrogen-bond donors (Lipinski definition) is 3. The van der Waals surface area contributed by atoms with Crippen LogP contribution < -0.4 is 20.1 Å². The highest BCUT2D eigenvalue weighted by Crippen LogP contribution is 2.32. The van der Waals surface area contributed by atoms with Gasteiger partial charge in [0.1, 0.15) is 5.82 Å². The van der Waals surface area contributed by atoms with Crippen LogP contribution in [0.2, 0.25) is 0 Å². The van der Waals surface area contributed by atoms with Crippen molar-refractivity contribution in [3.63, 3.8) is 0 Å². The lowest BCUT2D eigenvalue weighted by molar-refractivity contribution is 0.174. The van der Waals surface area contributed by atoms with Crippen molar-refractivity contribution in [2.75, 3.05) is 26.4 Å². The topological polar surface area (TPSA) is 83.6 Å². The van der Waals surface area contributed by atoms with Gasteiger partial charge in [-0.3, -0.25) is 4.99 Å². The lowest BCUT2D eigenvalue weighted by Crippen LogP contribution is -2.38. The smallest absolute Gasteiger partial charge is 0.231 e. The number of hydrogen-bond acceptors (Lipinski definition) is 4. The number of para-hydroxylation sites is 2. The summed E-state index contributed by atoms with van der Waals surface area (Å²) in [6, 6.07) is 14.1. The molecule has 0 unspecified atom stereocenters. The molecule has 146 valence electrons. The first-order valence-electron chi connectivity index (χ1n) is 9.66. The molecule has 1 aliphatic heterocycles. The van der Waals surface area contributed by atoms with Gasteiger partial charge in [0.2, 0.25) is 6.79 Å². The normalized spacial score (nSPS) is 13.1. The highest BCUT2D eigenvalue weighted by atomic mass is 16.7. The monoisotopic (exact) mass is 379 g/mol. The van der Waals surface area contributed by atoms with Gasteiger partial charge < -0.3 is 25.1 Å². The summed E-state index contributed by atoms with van der Waals surface area (Å²) in [6.45, 7) is 4.64. The number of rotatable bonds is 7. The fourth-order valence-corrected chi connectivity index (χ4v) is 3.16. The number of imidazole rings is 1. The molecule has 1 aromatic heterocycles. The van der Waals surface area contributed by atoms with Gasteiger partial charge in [0.25, 0.3) is 0 Å². The summed E-state index contributed by atoms with van der Waals surface area (Å²) in [6.07, 6.45) is 1.65. The minimum absolute atomic E-state index is 0.305. The summed E-state index contributed by atoms with van der Waals surface area (Å²) in [5.41, 5.74) is 3.26. The molecule has 0 fully saturated rings. The first-order valence-corrected chi connectivity index (χ1v) is 9.66. The van der Waals surface area contributed by atoms with Crippen molar-refractivity contribution in [3.8, 4) is 11.5 Å². The van der Waals surface area contributed by atoms with E-state index >= 15 is 0 Å². The van der Waals surface area contributed by atoms with Crippen LogP contribution in [0.4, 0.5) is 0 Å². The van der Waals surface area contributed by atoms with Crippen LogP contribution in [-0.4, -0.2) is 42.4 Å². The lowest BCUT2D eigenvalue weighted by Gasteiger charge is -2.11. The summed E-state index contributed by atoms with van der Waals surface area (Å²) >= 11 is 0. The van der Waals surface area contributed by atoms with E-state index in [9.17, 15) is 0 Å². The third-order valence-electron chi connectivity index (χ3n) is 4.54. The number of H-pyrrole nitrogens is 1. The molecule has 3 N–H and O–H groups in total. The second kappa shape index (κ2) is 8.65. The maximum absolute atomic E-state index is 5.43. The highest BCUT2D eigenvalue weighted by molar-refractivity contribution is 5.79. The number of aliphatic imine (C=N–C) groups is 1. The van der Waals surface area contributed by atoms with E-state index in [0.717, 1.165) is 60.2 Å². The van der Waals surface area contributed by atoms with Crippen molar-refractivity contribution in [2.45, 2.75) is 19.8 Å². The third-order valence-corrected chi connectivity index (χ3v) is 4.54. The van der Waals surface area contributed by atoms with E-state index in [1.807, 2.05) is 36.4 Å². The standard InChI is InChI=1S/C21H25N5O2/c1-2-22-21(23-11-9-15-7-8-18-19(13-15)28-14-27-18)24-12-10-20-25-16-5-3-4-6-17(16)26-20/h3-8,13H,2,9-12,14H2,1H3,(H,25,26)(H2,22,23,24). The van der Waals surface area contributed by atoms with E-state index in [2.05, 4.69) is 38.6 Å². The molecule has 0 bridgehead atoms. The molecule has 4 rings (SSSR count). The van der Waals surface area contributed by atoms with E-state index in [0.29, 0.717) is 13.3 Å². The molecule has 0 atom stereocenters. The molecule has 3 aromatic rings. The Hall–Kier alpha value is -3.22. The Morgan fingerprint density at radius 2 is 2.00 bits per heavy atom. The van der Waals surface area contributed by atoms with E-state index in [-0.39, 0.29) is 0 Å². The zero-order valence-electron chi connectivity index (χ0n) is 16.0. The second-order valence-electron chi connectivity index (χ2n) is 6.58. The van der Waals surface area contributed by atoms with Crippen LogP contribution in [-0.2, 0) is 12.8 Å². The molecule has 0 amide bonds. The SMILES string of the molecule is CCNC(=NCCc1nc2ccccc2[nH]1)NCCc1ccc2c(c1)OCO2. The molecule has 0 saturated carbocycles. The molecule has 2 heterocycles. The van der Waals surface area contributed by atoms with Crippen LogP contribution in [0, 0.1) is 0 Å². The van der Waals surface area contributed by atoms with Gasteiger partial charge >= 0.3 is 0 Å². The van der Waals surface area contributed by atoms with E-state index < -0.39 is 0 Å². The molecule has 28 heavy (non-hydrogen) atoms. The zero-order chi connectivity index (χ0) is 19.2. The largest absolute Gasteiger partial charge is 0.454 e. The van der Waals surface area contributed by atoms with Crippen molar-refractivity contribution in [2.24, 2.45) is 4.99 Å². The van der Waals surface area contributed by atoms with Crippen LogP contribution in [0.15, 0.2) is 47.5 Å². The number of fused-ring (bicyclic) bond motifs is 2. The predicted octanol–water partition coefficient (Wildman–Crippen LogP) is 2.63. The minimum atomic E-state index is 0.305. The molecule has 2 aromatic carbocycles. The summed E-state index contributed by atoms with van der Waals surface area (Å²) in [7, 11) is 0. The van der Waals surface area contributed by atoms with Crippen LogP contribution in [0.3, 0.4) is 0 Å². The fourth-order valence-electron chi connectivity index (χ4n) is 3.16. The summed E-state index contributed by atoms with van der Waals surface area (Å²) in [4.78, 5) is 12.6. The summed E-state index contributed by atoms with van der Waals surface area (Å²) < 4.78 is 10.8. The average Bonchev–Trinajstić information content (AvgIpc) is 3.33. The number of guanidine groups is 1. The van der Waals surface area contributed by atoms with Crippen LogP contribution in [0.5, 0.6) is 11.5 Å². The second-order valence-corrected chi connectivity index (χ2v) is 6.58. The first-order chi connectivity index (χ1) is 13.8. The van der Waals surface area contributed by atoms with Crippen molar-refractivity contribution in [3.05, 3.63) is 53.9 Å². The Morgan fingerprint density at radius 3 is 2.89 bits per heavy atom. The van der Waals surface area contributed by atoms with E-state index in [4.69, 9.17) is 9.47 Å². The van der Waals surface area contributed by atoms with Gasteiger partial charge in [-0.1, -0.05) is 18.2 Å². The Labute approximate surface area is 164 Å². The first kappa shape index (κ1) is 18.2. The predicted molar refractivity (Wildman–Crippen MR) is 110 cm³/mol. The molecule has 0 spiro atoms. The number of aromatic amines is 1. The van der Waals surface area contributed by atoms with Crippen molar-refractivity contribution < 1.29 is 9.47 Å². The molecule has 0 aliphatic carbocycles. The molecule has 7 heteroatoms. The lowest BCUT2D eigenvalue weighted by atomic mass is 10.1. The van der Waals surface area contributed by atoms with Crippen molar-refractivity contribution in [1.29, 1.82) is 0 Å². The highest BCUT2D eigenvalue weighted by Gasteiger charge is 2.13. The number of ether oxygens (including phenoxy) is 2. The summed E-state index contributed by atoms with van der Waals surface area (Å²) in [5, 5.41) is 6.67. The third kappa shape index (κ3) is 4.36. The summed E-state index contributed by atoms with van der Waals surface area (Å²) in [5.74, 6) is 3.42. The van der Waals surface area contributed by atoms with Gasteiger partial charge in [-0.2, -0.15) is 0 Å². The molecular weight excluding hydrogens is 354 g/mol. The van der Waals surface area contributed by atoms with Crippen LogP contribution in [0.1, 0.15) is 18.3 Å². The number of aromatic nitrogens is 2. The minimum Gasteiger partial charge on any atom is -0.454 e. The van der Waals surface area contributed by atoms with Gasteiger partial charge in [0, 0.05) is 26.1 Å². The molecular formula is C21H25N5O2. The van der Waals surface area contributed by atoms with Gasteiger partial charge in [-0.15, -0.1) is 0 Å². The fraction of sp³-hybridized carbons (Fsp3) is 0.333. The number of nitrogens with one attached hydrogen (secondary N) is 3. The molecule has 1 aliphatic rings. The van der Waals surface area contributed by atoms with Crippen LogP contribution in [0.25, 0.3) is 11.0 Å². The van der Waals surface area contributed by atoms with E-state index in [1.165, 1.54) is 5.56 Å². The van der Waals surface area contributed by atoms with Gasteiger partial charge in [0.15, 0.2) is 17.5 Å². The molecule has 0 saturated heterocycles. The maximum Gasteiger partial charge on any atom is 0.231 e. The Morgan fingerprint density at radius 1 is 1.11 bits per heavy atom. The van der Waals surface area contributed by atoms with Crippen LogP contribution >= 0.6 is 0 Å². The van der Waals surface area contributed by atoms with Gasteiger partial charge in [-0.05, 0) is 43.2 Å². The Kier molecular flexibility index (Phi) is 5.61. The van der Waals surface area contributed by atoms with Crippen molar-refractivity contribution >= 4 is 17.0 Å². The van der Waals surface area contributed by atoms with E-state index in [1.54, 1.807) is 0 Å². The Balaban J connectivity index is 1.29. The molecule has 7 nitrogen and oxygen atoms in total. The number of nitrogens with zero attached hydrogens (tertiary/aromatic N) is 2. The molecule has 0 radical (unpaired) electrons. The quantitative estimate of drug-likeness (QED) is 0.434. The maximum atomic E-state index is 5.43.